The Bertz CT molecular complexity index is 1550. The van der Waals surface area contributed by atoms with Crippen molar-refractivity contribution in [1.82, 2.24) is 4.57 Å². The Hall–Kier alpha value is -3.91. The highest BCUT2D eigenvalue weighted by atomic mass is 15.1. The van der Waals surface area contributed by atoms with Crippen LogP contribution in [0.3, 0.4) is 0 Å². The molecule has 1 aliphatic rings. The molecule has 2 heteroatoms. The molecular formula is C36H39N2+. The summed E-state index contributed by atoms with van der Waals surface area (Å²) in [6.07, 6.45) is 6.32. The molecule has 1 aliphatic carbocycles. The summed E-state index contributed by atoms with van der Waals surface area (Å²) in [5, 5.41) is 0. The van der Waals surface area contributed by atoms with Crippen LogP contribution in [0.2, 0.25) is 0 Å². The average Bonchev–Trinajstić information content (AvgIpc) is 3.45. The van der Waals surface area contributed by atoms with Gasteiger partial charge >= 0.3 is 0 Å². The highest BCUT2D eigenvalue weighted by Gasteiger charge is 2.23. The SMILES string of the molecule is CC(C)C.Cc1cc(Cc2cccc3c2Cc2ccccc2-3)cc(C)c1-n1cc[n+](C)c1-c1ccccc1. The van der Waals surface area contributed by atoms with E-state index in [1.165, 1.54) is 61.6 Å². The van der Waals surface area contributed by atoms with Gasteiger partial charge in [-0.1, -0.05) is 93.6 Å². The molecule has 0 aliphatic heterocycles. The first-order valence-corrected chi connectivity index (χ1v) is 13.8. The van der Waals surface area contributed by atoms with Gasteiger partial charge < -0.3 is 0 Å². The summed E-state index contributed by atoms with van der Waals surface area (Å²) in [6, 6.07) is 31.0. The molecule has 2 nitrogen and oxygen atoms in total. The zero-order valence-corrected chi connectivity index (χ0v) is 23.6. The molecular weight excluding hydrogens is 460 g/mol. The van der Waals surface area contributed by atoms with E-state index < -0.39 is 0 Å². The summed E-state index contributed by atoms with van der Waals surface area (Å²) < 4.78 is 4.54. The Labute approximate surface area is 228 Å². The molecule has 1 aromatic heterocycles. The molecule has 5 aromatic rings. The van der Waals surface area contributed by atoms with Crippen LogP contribution in [0.4, 0.5) is 0 Å². The van der Waals surface area contributed by atoms with Gasteiger partial charge in [0.25, 0.3) is 5.82 Å². The Morgan fingerprint density at radius 1 is 0.789 bits per heavy atom. The lowest BCUT2D eigenvalue weighted by molar-refractivity contribution is -0.659. The standard InChI is InChI=1S/C32H29N2.C4H10/c1-22-18-24(20-26-13-9-15-29-28-14-8-7-12-27(28)21-30(26)29)19-23(2)31(22)34-17-16-33(3)32(34)25-10-5-4-6-11-25;1-4(2)3/h4-19H,20-21H2,1-3H3;4H,1-3H3/q+1;. The zero-order valence-electron chi connectivity index (χ0n) is 23.6. The number of aryl methyl sites for hydroxylation is 3. The normalized spacial score (nSPS) is 11.7. The third-order valence-corrected chi connectivity index (χ3v) is 7.17. The van der Waals surface area contributed by atoms with Gasteiger partial charge in [0, 0.05) is 0 Å². The van der Waals surface area contributed by atoms with Crippen LogP contribution in [0.1, 0.15) is 54.2 Å². The second-order valence-electron chi connectivity index (χ2n) is 11.2. The summed E-state index contributed by atoms with van der Waals surface area (Å²) in [5.74, 6) is 2.03. The Morgan fingerprint density at radius 2 is 1.42 bits per heavy atom. The van der Waals surface area contributed by atoms with Crippen molar-refractivity contribution in [1.29, 1.82) is 0 Å². The van der Waals surface area contributed by atoms with Gasteiger partial charge in [0.05, 0.1) is 12.6 Å². The topological polar surface area (TPSA) is 8.81 Å². The minimum Gasteiger partial charge on any atom is -0.232 e. The quantitative estimate of drug-likeness (QED) is 0.215. The fourth-order valence-corrected chi connectivity index (χ4v) is 5.72. The fourth-order valence-electron chi connectivity index (χ4n) is 5.72. The van der Waals surface area contributed by atoms with Crippen molar-refractivity contribution in [3.8, 4) is 28.2 Å². The maximum atomic E-state index is 2.37. The van der Waals surface area contributed by atoms with Crippen molar-refractivity contribution in [3.05, 3.63) is 131 Å². The maximum absolute atomic E-state index is 2.37. The number of benzene rings is 4. The van der Waals surface area contributed by atoms with E-state index in [1.807, 2.05) is 0 Å². The summed E-state index contributed by atoms with van der Waals surface area (Å²) >= 11 is 0. The van der Waals surface area contributed by atoms with Crippen molar-refractivity contribution in [2.45, 2.75) is 47.5 Å². The van der Waals surface area contributed by atoms with Crippen LogP contribution in [0.15, 0.2) is 97.3 Å². The second-order valence-corrected chi connectivity index (χ2v) is 11.2. The largest absolute Gasteiger partial charge is 0.293 e. The van der Waals surface area contributed by atoms with E-state index in [2.05, 4.69) is 148 Å². The fraction of sp³-hybridized carbons (Fsp3) is 0.250. The zero-order chi connectivity index (χ0) is 26.8. The number of fused-ring (bicyclic) bond motifs is 3. The first-order valence-electron chi connectivity index (χ1n) is 13.8. The van der Waals surface area contributed by atoms with Crippen molar-refractivity contribution in [3.63, 3.8) is 0 Å². The second kappa shape index (κ2) is 10.8. The van der Waals surface area contributed by atoms with E-state index in [1.54, 1.807) is 0 Å². The average molecular weight is 500 g/mol. The van der Waals surface area contributed by atoms with Gasteiger partial charge in [-0.05, 0) is 89.2 Å². The van der Waals surface area contributed by atoms with Gasteiger partial charge in [-0.2, -0.15) is 4.57 Å². The number of hydrogen-bond donors (Lipinski definition) is 0. The number of hydrogen-bond acceptors (Lipinski definition) is 0. The van der Waals surface area contributed by atoms with Crippen LogP contribution in [-0.2, 0) is 19.9 Å². The lowest BCUT2D eigenvalue weighted by atomic mass is 9.94. The lowest BCUT2D eigenvalue weighted by Gasteiger charge is -2.13. The molecule has 0 spiro atoms. The molecule has 1 heterocycles. The van der Waals surface area contributed by atoms with Gasteiger partial charge in [-0.25, -0.2) is 4.57 Å². The number of imidazole rings is 1. The van der Waals surface area contributed by atoms with E-state index in [0.29, 0.717) is 0 Å². The molecule has 38 heavy (non-hydrogen) atoms. The van der Waals surface area contributed by atoms with Crippen LogP contribution in [-0.4, -0.2) is 4.57 Å². The molecule has 0 saturated heterocycles. The van der Waals surface area contributed by atoms with Crippen LogP contribution < -0.4 is 4.57 Å². The van der Waals surface area contributed by atoms with Crippen molar-refractivity contribution in [2.24, 2.45) is 13.0 Å². The highest BCUT2D eigenvalue weighted by Crippen LogP contribution is 2.39. The van der Waals surface area contributed by atoms with Gasteiger partial charge in [0.2, 0.25) is 0 Å². The van der Waals surface area contributed by atoms with Crippen LogP contribution in [0.5, 0.6) is 0 Å². The molecule has 192 valence electrons. The maximum Gasteiger partial charge on any atom is 0.293 e. The minimum absolute atomic E-state index is 0.833. The first kappa shape index (κ1) is 25.7. The van der Waals surface area contributed by atoms with Crippen LogP contribution >= 0.6 is 0 Å². The van der Waals surface area contributed by atoms with Crippen molar-refractivity contribution in [2.75, 3.05) is 0 Å². The summed E-state index contributed by atoms with van der Waals surface area (Å²) in [5.41, 5.74) is 13.7. The minimum atomic E-state index is 0.833. The molecule has 0 N–H and O–H groups in total. The first-order chi connectivity index (χ1) is 18.3. The van der Waals surface area contributed by atoms with Gasteiger partial charge in [0.15, 0.2) is 0 Å². The van der Waals surface area contributed by atoms with Crippen molar-refractivity contribution < 1.29 is 4.57 Å². The van der Waals surface area contributed by atoms with E-state index >= 15 is 0 Å². The summed E-state index contributed by atoms with van der Waals surface area (Å²) in [7, 11) is 2.12. The molecule has 0 fully saturated rings. The number of rotatable bonds is 4. The molecule has 6 rings (SSSR count). The molecule has 0 saturated carbocycles. The molecule has 0 amide bonds. The van der Waals surface area contributed by atoms with Gasteiger partial charge in [0.1, 0.15) is 18.1 Å². The third kappa shape index (κ3) is 5.09. The van der Waals surface area contributed by atoms with E-state index in [9.17, 15) is 0 Å². The Balaban J connectivity index is 0.000000689. The summed E-state index contributed by atoms with van der Waals surface area (Å²) in [6.45, 7) is 11.0. The molecule has 0 radical (unpaired) electrons. The molecule has 0 unspecified atom stereocenters. The molecule has 0 atom stereocenters. The van der Waals surface area contributed by atoms with E-state index in [0.717, 1.165) is 18.8 Å². The highest BCUT2D eigenvalue weighted by molar-refractivity contribution is 5.78. The van der Waals surface area contributed by atoms with Crippen LogP contribution in [0, 0.1) is 19.8 Å². The van der Waals surface area contributed by atoms with E-state index in [4.69, 9.17) is 0 Å². The van der Waals surface area contributed by atoms with Crippen molar-refractivity contribution >= 4 is 0 Å². The van der Waals surface area contributed by atoms with E-state index in [-0.39, 0.29) is 0 Å². The summed E-state index contributed by atoms with van der Waals surface area (Å²) in [4.78, 5) is 0. The van der Waals surface area contributed by atoms with Gasteiger partial charge in [-0.3, -0.25) is 0 Å². The predicted octanol–water partition coefficient (Wildman–Crippen LogP) is 8.41. The third-order valence-electron chi connectivity index (χ3n) is 7.17. The monoisotopic (exact) mass is 499 g/mol. The van der Waals surface area contributed by atoms with Gasteiger partial charge in [-0.15, -0.1) is 0 Å². The molecule has 0 bridgehead atoms. The lowest BCUT2D eigenvalue weighted by Crippen LogP contribution is -2.29. The Kier molecular flexibility index (Phi) is 7.33. The Morgan fingerprint density at radius 3 is 2.13 bits per heavy atom. The molecule has 4 aromatic carbocycles. The van der Waals surface area contributed by atoms with Crippen LogP contribution in [0.25, 0.3) is 28.2 Å². The number of aromatic nitrogens is 2. The predicted molar refractivity (Wildman–Crippen MR) is 160 cm³/mol. The smallest absolute Gasteiger partial charge is 0.232 e. The number of nitrogens with zero attached hydrogens (tertiary/aromatic N) is 2.